The number of aliphatic hydroxyl groups excluding tert-OH is 1. The van der Waals surface area contributed by atoms with Crippen LogP contribution in [-0.2, 0) is 17.6 Å². The molecule has 0 saturated heterocycles. The fraction of sp³-hybridized carbons (Fsp3) is 0.350. The third-order valence-electron chi connectivity index (χ3n) is 5.00. The number of para-hydroxylation sites is 1. The van der Waals surface area contributed by atoms with Crippen molar-refractivity contribution in [1.29, 1.82) is 0 Å². The average Bonchev–Trinajstić information content (AvgIpc) is 3.02. The fourth-order valence-electron chi connectivity index (χ4n) is 3.51. The molecule has 0 radical (unpaired) electrons. The number of hydrogen-bond donors (Lipinski definition) is 2. The van der Waals surface area contributed by atoms with E-state index in [4.69, 9.17) is 4.52 Å². The number of nitrogens with one attached hydrogen (secondary N) is 1. The van der Waals surface area contributed by atoms with Crippen LogP contribution in [0.2, 0.25) is 0 Å². The van der Waals surface area contributed by atoms with E-state index in [9.17, 15) is 9.90 Å². The highest BCUT2D eigenvalue weighted by atomic mass is 16.5. The Hall–Kier alpha value is -2.73. The van der Waals surface area contributed by atoms with Crippen LogP contribution in [0.5, 0.6) is 0 Å². The van der Waals surface area contributed by atoms with Gasteiger partial charge in [-0.1, -0.05) is 23.4 Å². The lowest BCUT2D eigenvalue weighted by Crippen LogP contribution is -2.48. The number of pyridine rings is 1. The number of aliphatic hydroxyl groups is 1. The maximum Gasteiger partial charge on any atom is 0.226 e. The van der Waals surface area contributed by atoms with Gasteiger partial charge in [0, 0.05) is 29.7 Å². The van der Waals surface area contributed by atoms with Crippen molar-refractivity contribution in [3.8, 4) is 0 Å². The zero-order valence-electron chi connectivity index (χ0n) is 14.3. The molecule has 6 nitrogen and oxygen atoms in total. The van der Waals surface area contributed by atoms with Crippen LogP contribution in [0, 0.1) is 5.92 Å². The van der Waals surface area contributed by atoms with Gasteiger partial charge in [-0.05, 0) is 43.0 Å². The molecule has 1 amide bonds. The van der Waals surface area contributed by atoms with Gasteiger partial charge in [0.2, 0.25) is 5.91 Å². The first-order valence-electron chi connectivity index (χ1n) is 8.89. The molecule has 0 spiro atoms. The third-order valence-corrected chi connectivity index (χ3v) is 5.00. The van der Waals surface area contributed by atoms with Gasteiger partial charge in [0.25, 0.3) is 0 Å². The van der Waals surface area contributed by atoms with E-state index < -0.39 is 0 Å². The Balaban J connectivity index is 1.45. The van der Waals surface area contributed by atoms with E-state index in [1.165, 1.54) is 0 Å². The van der Waals surface area contributed by atoms with Crippen LogP contribution >= 0.6 is 0 Å². The van der Waals surface area contributed by atoms with Crippen molar-refractivity contribution in [3.63, 3.8) is 0 Å². The summed E-state index contributed by atoms with van der Waals surface area (Å²) in [5.41, 5.74) is 2.26. The molecule has 2 heterocycles. The summed E-state index contributed by atoms with van der Waals surface area (Å²) in [5.74, 6) is 0.177. The lowest BCUT2D eigenvalue weighted by molar-refractivity contribution is -0.122. The van der Waals surface area contributed by atoms with Crippen LogP contribution < -0.4 is 5.32 Å². The molecule has 2 aromatic heterocycles. The second-order valence-electron chi connectivity index (χ2n) is 6.89. The summed E-state index contributed by atoms with van der Waals surface area (Å²) in [5, 5.41) is 17.7. The van der Waals surface area contributed by atoms with Crippen molar-refractivity contribution in [2.75, 3.05) is 0 Å². The minimum Gasteiger partial charge on any atom is -0.393 e. The van der Waals surface area contributed by atoms with Crippen LogP contribution in [0.1, 0.15) is 24.2 Å². The number of fused-ring (bicyclic) bond motifs is 1. The first-order valence-corrected chi connectivity index (χ1v) is 8.89. The molecule has 1 aliphatic carbocycles. The predicted molar refractivity (Wildman–Crippen MR) is 96.3 cm³/mol. The number of aromatic nitrogens is 2. The van der Waals surface area contributed by atoms with Crippen molar-refractivity contribution in [2.24, 2.45) is 5.92 Å². The molecular weight excluding hydrogens is 330 g/mol. The standard InChI is InChI=1S/C20H21N3O3/c24-15-9-13(10-15)17(11-14-5-3-4-8-21-14)22-20(25)12-18-16-6-1-2-7-19(16)26-23-18/h1-8,13,15,17,24H,9-12H2,(H,22,25)/t13?,15?,17-/m1/s1. The molecule has 134 valence electrons. The van der Waals surface area contributed by atoms with Crippen molar-refractivity contribution in [1.82, 2.24) is 15.5 Å². The number of nitrogens with zero attached hydrogens (tertiary/aromatic N) is 2. The zero-order chi connectivity index (χ0) is 17.9. The average molecular weight is 351 g/mol. The van der Waals surface area contributed by atoms with Crippen molar-refractivity contribution < 1.29 is 14.4 Å². The summed E-state index contributed by atoms with van der Waals surface area (Å²) in [4.78, 5) is 17.0. The molecule has 1 saturated carbocycles. The quantitative estimate of drug-likeness (QED) is 0.711. The molecule has 1 atom stereocenters. The van der Waals surface area contributed by atoms with Crippen LogP contribution in [0.3, 0.4) is 0 Å². The van der Waals surface area contributed by atoms with Gasteiger partial charge in [-0.3, -0.25) is 9.78 Å². The van der Waals surface area contributed by atoms with Gasteiger partial charge in [0.15, 0.2) is 5.58 Å². The van der Waals surface area contributed by atoms with Gasteiger partial charge >= 0.3 is 0 Å². The van der Waals surface area contributed by atoms with Crippen molar-refractivity contribution in [3.05, 3.63) is 60.0 Å². The third kappa shape index (κ3) is 3.60. The van der Waals surface area contributed by atoms with E-state index >= 15 is 0 Å². The van der Waals surface area contributed by atoms with Gasteiger partial charge in [-0.2, -0.15) is 0 Å². The molecule has 1 aromatic carbocycles. The maximum atomic E-state index is 12.6. The van der Waals surface area contributed by atoms with Crippen LogP contribution in [0.25, 0.3) is 11.0 Å². The van der Waals surface area contributed by atoms with E-state index in [1.807, 2.05) is 42.5 Å². The number of benzene rings is 1. The van der Waals surface area contributed by atoms with Gasteiger partial charge in [-0.25, -0.2) is 0 Å². The fourth-order valence-corrected chi connectivity index (χ4v) is 3.51. The van der Waals surface area contributed by atoms with Gasteiger partial charge < -0.3 is 14.9 Å². The maximum absolute atomic E-state index is 12.6. The lowest BCUT2D eigenvalue weighted by atomic mass is 9.76. The second-order valence-corrected chi connectivity index (χ2v) is 6.89. The molecule has 0 aliphatic heterocycles. The number of hydrogen-bond acceptors (Lipinski definition) is 5. The number of carbonyl (C=O) groups excluding carboxylic acids is 1. The molecule has 3 aromatic rings. The number of amides is 1. The minimum absolute atomic E-state index is 0.0426. The SMILES string of the molecule is O=C(Cc1noc2ccccc12)N[C@H](Cc1ccccn1)C1CC(O)C1. The van der Waals surface area contributed by atoms with Gasteiger partial charge in [0.05, 0.1) is 12.5 Å². The lowest BCUT2D eigenvalue weighted by Gasteiger charge is -2.38. The first-order chi connectivity index (χ1) is 12.7. The summed E-state index contributed by atoms with van der Waals surface area (Å²) < 4.78 is 5.27. The van der Waals surface area contributed by atoms with Gasteiger partial charge in [0.1, 0.15) is 5.69 Å². The Kier molecular flexibility index (Phi) is 4.67. The number of rotatable bonds is 6. The molecule has 1 aliphatic rings. The number of carbonyl (C=O) groups is 1. The van der Waals surface area contributed by atoms with E-state index in [-0.39, 0.29) is 30.4 Å². The molecule has 2 N–H and O–H groups in total. The van der Waals surface area contributed by atoms with Gasteiger partial charge in [-0.15, -0.1) is 0 Å². The monoisotopic (exact) mass is 351 g/mol. The van der Waals surface area contributed by atoms with Crippen LogP contribution in [-0.4, -0.2) is 33.3 Å². The largest absolute Gasteiger partial charge is 0.393 e. The summed E-state index contributed by atoms with van der Waals surface area (Å²) >= 11 is 0. The molecule has 0 bridgehead atoms. The van der Waals surface area contributed by atoms with Crippen molar-refractivity contribution in [2.45, 2.75) is 37.8 Å². The zero-order valence-corrected chi connectivity index (χ0v) is 14.3. The van der Waals surface area contributed by atoms with E-state index in [1.54, 1.807) is 6.20 Å². The van der Waals surface area contributed by atoms with Crippen LogP contribution in [0.4, 0.5) is 0 Å². The van der Waals surface area contributed by atoms with Crippen LogP contribution in [0.15, 0.2) is 53.2 Å². The highest BCUT2D eigenvalue weighted by Crippen LogP contribution is 2.31. The normalized spacial score (nSPS) is 20.5. The molecule has 0 unspecified atom stereocenters. The summed E-state index contributed by atoms with van der Waals surface area (Å²) in [6.45, 7) is 0. The predicted octanol–water partition coefficient (Wildman–Crippen LogP) is 2.26. The Labute approximate surface area is 151 Å². The molecular formula is C20H21N3O3. The molecule has 26 heavy (non-hydrogen) atoms. The smallest absolute Gasteiger partial charge is 0.226 e. The Bertz CT molecular complexity index is 887. The Morgan fingerprint density at radius 1 is 1.23 bits per heavy atom. The first kappa shape index (κ1) is 16.7. The highest BCUT2D eigenvalue weighted by Gasteiger charge is 2.35. The topological polar surface area (TPSA) is 88.3 Å². The summed E-state index contributed by atoms with van der Waals surface area (Å²) in [6.07, 6.45) is 3.75. The van der Waals surface area contributed by atoms with Crippen molar-refractivity contribution >= 4 is 16.9 Å². The molecule has 6 heteroatoms. The summed E-state index contributed by atoms with van der Waals surface area (Å²) in [6, 6.07) is 13.3. The second kappa shape index (κ2) is 7.25. The van der Waals surface area contributed by atoms with E-state index in [0.29, 0.717) is 30.5 Å². The van der Waals surface area contributed by atoms with E-state index in [0.717, 1.165) is 11.1 Å². The molecule has 1 fully saturated rings. The Morgan fingerprint density at radius 2 is 2.04 bits per heavy atom. The summed E-state index contributed by atoms with van der Waals surface area (Å²) in [7, 11) is 0. The molecule has 4 rings (SSSR count). The van der Waals surface area contributed by atoms with E-state index in [2.05, 4.69) is 15.5 Å². The minimum atomic E-state index is -0.261. The highest BCUT2D eigenvalue weighted by molar-refractivity contribution is 5.86. The Morgan fingerprint density at radius 3 is 2.81 bits per heavy atom.